The molecule has 14 heavy (non-hydrogen) atoms. The van der Waals surface area contributed by atoms with Crippen molar-refractivity contribution in [2.75, 3.05) is 4.90 Å². The molecule has 1 aliphatic heterocycles. The molecular weight excluding hydrogens is 170 g/mol. The van der Waals surface area contributed by atoms with Crippen molar-refractivity contribution in [3.63, 3.8) is 0 Å². The van der Waals surface area contributed by atoms with Gasteiger partial charge in [-0.05, 0) is 39.3 Å². The molecular formula is C13H19N. The van der Waals surface area contributed by atoms with Crippen LogP contribution in [0.25, 0.3) is 0 Å². The predicted molar refractivity (Wildman–Crippen MR) is 61.8 cm³/mol. The van der Waals surface area contributed by atoms with Gasteiger partial charge < -0.3 is 4.90 Å². The van der Waals surface area contributed by atoms with Crippen LogP contribution in [0.15, 0.2) is 24.3 Å². The molecule has 1 aliphatic rings. The van der Waals surface area contributed by atoms with Gasteiger partial charge >= 0.3 is 0 Å². The maximum absolute atomic E-state index is 2.51. The van der Waals surface area contributed by atoms with Crippen LogP contribution in [0, 0.1) is 6.92 Å². The fourth-order valence-electron chi connectivity index (χ4n) is 2.47. The first kappa shape index (κ1) is 9.57. The molecule has 76 valence electrons. The smallest absolute Gasteiger partial charge is 0.0553 e. The Hall–Kier alpha value is -0.980. The molecule has 1 fully saturated rings. The summed E-state index contributed by atoms with van der Waals surface area (Å²) in [7, 11) is 0. The maximum atomic E-state index is 2.51. The average molecular weight is 189 g/mol. The van der Waals surface area contributed by atoms with Crippen LogP contribution in [0.3, 0.4) is 0 Å². The molecule has 0 aromatic heterocycles. The topological polar surface area (TPSA) is 3.01 Å². The van der Waals surface area contributed by atoms with Gasteiger partial charge in [-0.15, -0.1) is 0 Å². The molecule has 0 N–H and O–H groups in total. The van der Waals surface area contributed by atoms with E-state index in [1.807, 2.05) is 0 Å². The second kappa shape index (κ2) is 3.01. The molecule has 1 atom stereocenters. The number of hydrogen-bond acceptors (Lipinski definition) is 1. The zero-order valence-electron chi connectivity index (χ0n) is 9.54. The van der Waals surface area contributed by atoms with Gasteiger partial charge in [0.05, 0.1) is 11.6 Å². The largest absolute Gasteiger partial charge is 0.359 e. The van der Waals surface area contributed by atoms with E-state index in [1.54, 1.807) is 0 Å². The molecule has 1 aromatic rings. The Morgan fingerprint density at radius 3 is 2.21 bits per heavy atom. The van der Waals surface area contributed by atoms with Gasteiger partial charge in [0.25, 0.3) is 0 Å². The van der Waals surface area contributed by atoms with E-state index in [1.165, 1.54) is 17.7 Å². The van der Waals surface area contributed by atoms with Crippen molar-refractivity contribution in [3.8, 4) is 0 Å². The third-order valence-corrected chi connectivity index (χ3v) is 3.38. The van der Waals surface area contributed by atoms with Gasteiger partial charge in [-0.25, -0.2) is 0 Å². The van der Waals surface area contributed by atoms with Gasteiger partial charge in [0.1, 0.15) is 0 Å². The summed E-state index contributed by atoms with van der Waals surface area (Å²) in [5, 5.41) is 0. The molecule has 1 saturated heterocycles. The molecule has 2 rings (SSSR count). The maximum Gasteiger partial charge on any atom is 0.0553 e. The lowest BCUT2D eigenvalue weighted by Crippen LogP contribution is -2.06. The van der Waals surface area contributed by atoms with Crippen LogP contribution in [-0.2, 0) is 0 Å². The van der Waals surface area contributed by atoms with Crippen molar-refractivity contribution in [1.29, 1.82) is 0 Å². The summed E-state index contributed by atoms with van der Waals surface area (Å²) >= 11 is 0. The van der Waals surface area contributed by atoms with E-state index >= 15 is 0 Å². The third-order valence-electron chi connectivity index (χ3n) is 3.38. The Balaban J connectivity index is 2.22. The predicted octanol–water partition coefficient (Wildman–Crippen LogP) is 3.37. The molecule has 0 amide bonds. The molecule has 1 nitrogen and oxygen atoms in total. The molecule has 0 radical (unpaired) electrons. The minimum Gasteiger partial charge on any atom is -0.359 e. The summed E-state index contributed by atoms with van der Waals surface area (Å²) in [6, 6.07) is 9.57. The minimum atomic E-state index is 0.365. The zero-order valence-corrected chi connectivity index (χ0v) is 9.54. The van der Waals surface area contributed by atoms with Crippen LogP contribution in [0.5, 0.6) is 0 Å². The monoisotopic (exact) mass is 189 g/mol. The Kier molecular flexibility index (Phi) is 2.06. The number of benzene rings is 1. The van der Waals surface area contributed by atoms with Crippen molar-refractivity contribution in [3.05, 3.63) is 29.8 Å². The van der Waals surface area contributed by atoms with Crippen LogP contribution in [0.4, 0.5) is 5.69 Å². The van der Waals surface area contributed by atoms with Crippen LogP contribution in [-0.4, -0.2) is 11.6 Å². The number of aryl methyl sites for hydroxylation is 1. The summed E-state index contributed by atoms with van der Waals surface area (Å²) < 4.78 is 0. The standard InChI is InChI=1S/C13H19N/c1-5-12-13(3,4)14(12)11-8-6-10(2)7-9-11/h6-9,12H,5H2,1-4H3. The summed E-state index contributed by atoms with van der Waals surface area (Å²) in [6.45, 7) is 9.04. The first-order valence-electron chi connectivity index (χ1n) is 5.43. The van der Waals surface area contributed by atoms with Crippen LogP contribution in [0.1, 0.15) is 32.8 Å². The molecule has 1 aromatic carbocycles. The SMILES string of the molecule is CCC1N(c2ccc(C)cc2)C1(C)C. The highest BCUT2D eigenvalue weighted by atomic mass is 15.4. The van der Waals surface area contributed by atoms with Crippen molar-refractivity contribution in [2.45, 2.75) is 45.7 Å². The number of rotatable bonds is 2. The van der Waals surface area contributed by atoms with E-state index in [0.29, 0.717) is 5.54 Å². The quantitative estimate of drug-likeness (QED) is 0.645. The lowest BCUT2D eigenvalue weighted by molar-refractivity contribution is 0.730. The Morgan fingerprint density at radius 1 is 1.21 bits per heavy atom. The molecule has 1 heteroatoms. The van der Waals surface area contributed by atoms with Crippen molar-refractivity contribution in [1.82, 2.24) is 0 Å². The highest BCUT2D eigenvalue weighted by Gasteiger charge is 2.53. The number of nitrogens with zero attached hydrogens (tertiary/aromatic N) is 1. The van der Waals surface area contributed by atoms with Crippen molar-refractivity contribution < 1.29 is 0 Å². The summed E-state index contributed by atoms with van der Waals surface area (Å²) in [5.41, 5.74) is 3.07. The van der Waals surface area contributed by atoms with E-state index < -0.39 is 0 Å². The van der Waals surface area contributed by atoms with Crippen LogP contribution >= 0.6 is 0 Å². The Labute approximate surface area is 86.7 Å². The third kappa shape index (κ3) is 1.31. The van der Waals surface area contributed by atoms with Gasteiger partial charge in [-0.2, -0.15) is 0 Å². The summed E-state index contributed by atoms with van der Waals surface area (Å²) in [5.74, 6) is 0. The van der Waals surface area contributed by atoms with Crippen molar-refractivity contribution in [2.24, 2.45) is 0 Å². The molecule has 0 saturated carbocycles. The van der Waals surface area contributed by atoms with E-state index in [9.17, 15) is 0 Å². The van der Waals surface area contributed by atoms with Crippen LogP contribution < -0.4 is 4.90 Å². The van der Waals surface area contributed by atoms with Gasteiger partial charge in [0, 0.05) is 5.69 Å². The lowest BCUT2D eigenvalue weighted by Gasteiger charge is -2.08. The Bertz CT molecular complexity index is 324. The van der Waals surface area contributed by atoms with Crippen LogP contribution in [0.2, 0.25) is 0 Å². The average Bonchev–Trinajstić information content (AvgIpc) is 2.69. The highest BCUT2D eigenvalue weighted by Crippen LogP contribution is 2.46. The van der Waals surface area contributed by atoms with Gasteiger partial charge in [0.15, 0.2) is 0 Å². The molecule has 0 bridgehead atoms. The van der Waals surface area contributed by atoms with Gasteiger partial charge in [0.2, 0.25) is 0 Å². The van der Waals surface area contributed by atoms with E-state index in [2.05, 4.69) is 56.9 Å². The molecule has 1 heterocycles. The molecule has 0 aliphatic carbocycles. The first-order chi connectivity index (χ1) is 6.57. The zero-order chi connectivity index (χ0) is 10.3. The minimum absolute atomic E-state index is 0.365. The van der Waals surface area contributed by atoms with Gasteiger partial charge in [-0.1, -0.05) is 24.6 Å². The van der Waals surface area contributed by atoms with E-state index in [0.717, 1.165) is 6.04 Å². The Morgan fingerprint density at radius 2 is 1.79 bits per heavy atom. The molecule has 0 spiro atoms. The van der Waals surface area contributed by atoms with E-state index in [4.69, 9.17) is 0 Å². The number of anilines is 1. The highest BCUT2D eigenvalue weighted by molar-refractivity contribution is 5.60. The normalized spacial score (nSPS) is 23.7. The summed E-state index contributed by atoms with van der Waals surface area (Å²) in [6.07, 6.45) is 1.24. The fourth-order valence-corrected chi connectivity index (χ4v) is 2.47. The second-order valence-corrected chi connectivity index (χ2v) is 4.78. The number of hydrogen-bond donors (Lipinski definition) is 0. The van der Waals surface area contributed by atoms with E-state index in [-0.39, 0.29) is 0 Å². The summed E-state index contributed by atoms with van der Waals surface area (Å²) in [4.78, 5) is 2.51. The fraction of sp³-hybridized carbons (Fsp3) is 0.538. The first-order valence-corrected chi connectivity index (χ1v) is 5.43. The second-order valence-electron chi connectivity index (χ2n) is 4.78. The lowest BCUT2D eigenvalue weighted by atomic mass is 10.1. The molecule has 1 unspecified atom stereocenters. The van der Waals surface area contributed by atoms with Crippen molar-refractivity contribution >= 4 is 5.69 Å². The van der Waals surface area contributed by atoms with Gasteiger partial charge in [-0.3, -0.25) is 0 Å².